The second-order valence-corrected chi connectivity index (χ2v) is 2.82. The lowest BCUT2D eigenvalue weighted by atomic mass is 10.2. The van der Waals surface area contributed by atoms with Gasteiger partial charge in [-0.3, -0.25) is 4.98 Å². The lowest BCUT2D eigenvalue weighted by molar-refractivity contribution is -0.145. The van der Waals surface area contributed by atoms with Crippen LogP contribution in [0.25, 0.3) is 0 Å². The van der Waals surface area contributed by atoms with Crippen LogP contribution in [0.3, 0.4) is 0 Å². The van der Waals surface area contributed by atoms with Crippen molar-refractivity contribution in [3.05, 3.63) is 42.1 Å². The zero-order chi connectivity index (χ0) is 10.9. The summed E-state index contributed by atoms with van der Waals surface area (Å²) < 4.78 is 47.2. The Kier molecular flexibility index (Phi) is 2.26. The number of halogens is 3. The van der Waals surface area contributed by atoms with Crippen LogP contribution in [0, 0.1) is 0 Å². The number of rotatable bonds is 1. The first-order chi connectivity index (χ1) is 7.09. The van der Waals surface area contributed by atoms with Gasteiger partial charge in [0.1, 0.15) is 12.5 Å². The Labute approximate surface area is 83.1 Å². The number of ether oxygens (including phenoxy) is 2. The van der Waals surface area contributed by atoms with Crippen LogP contribution >= 0.6 is 0 Å². The van der Waals surface area contributed by atoms with Crippen molar-refractivity contribution in [2.45, 2.75) is 12.5 Å². The fraction of sp³-hybridized carbons (Fsp3) is 0.222. The van der Waals surface area contributed by atoms with Crippen LogP contribution in [0.2, 0.25) is 0 Å². The van der Waals surface area contributed by atoms with E-state index in [9.17, 15) is 13.2 Å². The van der Waals surface area contributed by atoms with E-state index < -0.39 is 18.2 Å². The van der Waals surface area contributed by atoms with Gasteiger partial charge in [0.05, 0.1) is 5.56 Å². The molecule has 0 N–H and O–H groups in total. The minimum absolute atomic E-state index is 0.130. The van der Waals surface area contributed by atoms with Crippen molar-refractivity contribution in [2.24, 2.45) is 0 Å². The molecule has 2 rings (SSSR count). The summed E-state index contributed by atoms with van der Waals surface area (Å²) in [5.41, 5.74) is -1.12. The van der Waals surface area contributed by atoms with E-state index >= 15 is 0 Å². The Morgan fingerprint density at radius 2 is 1.87 bits per heavy atom. The van der Waals surface area contributed by atoms with Gasteiger partial charge < -0.3 is 9.47 Å². The van der Waals surface area contributed by atoms with Crippen molar-refractivity contribution in [1.82, 2.24) is 4.98 Å². The van der Waals surface area contributed by atoms with E-state index in [0.29, 0.717) is 0 Å². The van der Waals surface area contributed by atoms with Gasteiger partial charge in [-0.15, -0.1) is 0 Å². The molecule has 0 spiro atoms. The Morgan fingerprint density at radius 3 is 2.47 bits per heavy atom. The summed E-state index contributed by atoms with van der Waals surface area (Å²) in [6.07, 6.45) is -2.11. The highest BCUT2D eigenvalue weighted by atomic mass is 19.4. The fourth-order valence-electron chi connectivity index (χ4n) is 1.23. The molecule has 1 aromatic heterocycles. The first-order valence-electron chi connectivity index (χ1n) is 4.07. The SMILES string of the molecule is FC(F)(F)c1ncccc1C1OC=CO1. The van der Waals surface area contributed by atoms with Crippen molar-refractivity contribution in [3.63, 3.8) is 0 Å². The summed E-state index contributed by atoms with van der Waals surface area (Å²) in [4.78, 5) is 3.28. The van der Waals surface area contributed by atoms with Gasteiger partial charge in [-0.1, -0.05) is 0 Å². The molecule has 2 heterocycles. The molecule has 0 fully saturated rings. The summed E-state index contributed by atoms with van der Waals surface area (Å²) in [7, 11) is 0. The molecule has 0 amide bonds. The molecule has 0 bridgehead atoms. The number of aromatic nitrogens is 1. The van der Waals surface area contributed by atoms with Gasteiger partial charge in [0, 0.05) is 6.20 Å². The second kappa shape index (κ2) is 3.45. The Balaban J connectivity index is 2.38. The van der Waals surface area contributed by atoms with Gasteiger partial charge in [0.25, 0.3) is 6.29 Å². The zero-order valence-electron chi connectivity index (χ0n) is 7.36. The predicted octanol–water partition coefficient (Wildman–Crippen LogP) is 2.62. The van der Waals surface area contributed by atoms with Gasteiger partial charge >= 0.3 is 6.18 Å². The maximum Gasteiger partial charge on any atom is 0.433 e. The standard InChI is InChI=1S/C9H6F3NO2/c10-9(11,12)7-6(2-1-3-13-7)8-14-4-5-15-8/h1-5,8H. The Bertz CT molecular complexity index is 381. The molecular formula is C9H6F3NO2. The first-order valence-corrected chi connectivity index (χ1v) is 4.07. The van der Waals surface area contributed by atoms with E-state index in [0.717, 1.165) is 6.20 Å². The van der Waals surface area contributed by atoms with Gasteiger partial charge in [-0.2, -0.15) is 13.2 Å². The molecule has 0 aromatic carbocycles. The smallest absolute Gasteiger partial charge is 0.433 e. The van der Waals surface area contributed by atoms with E-state index in [1.54, 1.807) is 0 Å². The molecule has 80 valence electrons. The van der Waals surface area contributed by atoms with E-state index in [1.165, 1.54) is 24.7 Å². The molecule has 3 nitrogen and oxygen atoms in total. The number of hydrogen-bond acceptors (Lipinski definition) is 3. The fourth-order valence-corrected chi connectivity index (χ4v) is 1.23. The largest absolute Gasteiger partial charge is 0.455 e. The first kappa shape index (κ1) is 9.82. The topological polar surface area (TPSA) is 31.4 Å². The lowest BCUT2D eigenvalue weighted by Crippen LogP contribution is -2.14. The molecule has 6 heteroatoms. The summed E-state index contributed by atoms with van der Waals surface area (Å²) in [6, 6.07) is 2.67. The number of alkyl halides is 3. The number of pyridine rings is 1. The summed E-state index contributed by atoms with van der Waals surface area (Å²) >= 11 is 0. The zero-order valence-corrected chi connectivity index (χ0v) is 7.36. The second-order valence-electron chi connectivity index (χ2n) is 2.82. The summed E-state index contributed by atoms with van der Waals surface area (Å²) in [5, 5.41) is 0. The van der Waals surface area contributed by atoms with Gasteiger partial charge in [-0.05, 0) is 12.1 Å². The molecular weight excluding hydrogens is 211 g/mol. The average Bonchev–Trinajstić information content (AvgIpc) is 2.69. The highest BCUT2D eigenvalue weighted by molar-refractivity contribution is 5.24. The summed E-state index contributed by atoms with van der Waals surface area (Å²) in [6.45, 7) is 0. The van der Waals surface area contributed by atoms with Crippen molar-refractivity contribution < 1.29 is 22.6 Å². The highest BCUT2D eigenvalue weighted by Crippen LogP contribution is 2.35. The molecule has 0 atom stereocenters. The quantitative estimate of drug-likeness (QED) is 0.724. The molecule has 0 radical (unpaired) electrons. The minimum atomic E-state index is -4.51. The highest BCUT2D eigenvalue weighted by Gasteiger charge is 2.38. The van der Waals surface area contributed by atoms with Crippen molar-refractivity contribution >= 4 is 0 Å². The Morgan fingerprint density at radius 1 is 1.20 bits per heavy atom. The van der Waals surface area contributed by atoms with Crippen LogP contribution in [-0.4, -0.2) is 4.98 Å². The van der Waals surface area contributed by atoms with Crippen LogP contribution in [0.4, 0.5) is 13.2 Å². The van der Waals surface area contributed by atoms with Crippen LogP contribution < -0.4 is 0 Å². The molecule has 0 saturated heterocycles. The van der Waals surface area contributed by atoms with Crippen LogP contribution in [0.5, 0.6) is 0 Å². The van der Waals surface area contributed by atoms with Crippen molar-refractivity contribution in [1.29, 1.82) is 0 Å². The predicted molar refractivity (Wildman–Crippen MR) is 43.3 cm³/mol. The third kappa shape index (κ3) is 1.88. The number of nitrogens with zero attached hydrogens (tertiary/aromatic N) is 1. The van der Waals surface area contributed by atoms with E-state index in [4.69, 9.17) is 9.47 Å². The maximum atomic E-state index is 12.5. The molecule has 1 aliphatic rings. The molecule has 0 saturated carbocycles. The molecule has 1 aliphatic heterocycles. The van der Waals surface area contributed by atoms with E-state index in [1.807, 2.05) is 0 Å². The van der Waals surface area contributed by atoms with Crippen LogP contribution in [-0.2, 0) is 15.7 Å². The third-order valence-corrected chi connectivity index (χ3v) is 1.82. The minimum Gasteiger partial charge on any atom is -0.455 e. The van der Waals surface area contributed by atoms with Gasteiger partial charge in [0.15, 0.2) is 5.69 Å². The van der Waals surface area contributed by atoms with E-state index in [-0.39, 0.29) is 5.56 Å². The maximum absolute atomic E-state index is 12.5. The molecule has 1 aromatic rings. The van der Waals surface area contributed by atoms with Crippen LogP contribution in [0.1, 0.15) is 17.5 Å². The van der Waals surface area contributed by atoms with Crippen LogP contribution in [0.15, 0.2) is 30.9 Å². The van der Waals surface area contributed by atoms with Crippen molar-refractivity contribution in [2.75, 3.05) is 0 Å². The van der Waals surface area contributed by atoms with Gasteiger partial charge in [0.2, 0.25) is 0 Å². The summed E-state index contributed by atoms with van der Waals surface area (Å²) in [5.74, 6) is 0. The molecule has 0 aliphatic carbocycles. The monoisotopic (exact) mass is 217 g/mol. The lowest BCUT2D eigenvalue weighted by Gasteiger charge is -2.15. The average molecular weight is 217 g/mol. The normalized spacial score (nSPS) is 16.2. The van der Waals surface area contributed by atoms with Gasteiger partial charge in [-0.25, -0.2) is 0 Å². The Hall–Kier alpha value is -1.72. The number of hydrogen-bond donors (Lipinski definition) is 0. The molecule has 0 unspecified atom stereocenters. The van der Waals surface area contributed by atoms with Crippen molar-refractivity contribution in [3.8, 4) is 0 Å². The molecule has 15 heavy (non-hydrogen) atoms. The van der Waals surface area contributed by atoms with E-state index in [2.05, 4.69) is 4.98 Å². The third-order valence-electron chi connectivity index (χ3n) is 1.82.